The highest BCUT2D eigenvalue weighted by molar-refractivity contribution is 6.29. The van der Waals surface area contributed by atoms with Crippen LogP contribution >= 0.6 is 11.6 Å². The average Bonchev–Trinajstić information content (AvgIpc) is 2.68. The molecular formula is C11H12ClN3O2. The maximum absolute atomic E-state index is 11.7. The lowest BCUT2D eigenvalue weighted by atomic mass is 10.2. The van der Waals surface area contributed by atoms with E-state index in [-0.39, 0.29) is 12.5 Å². The molecule has 0 saturated heterocycles. The van der Waals surface area contributed by atoms with Gasteiger partial charge >= 0.3 is 0 Å². The van der Waals surface area contributed by atoms with Crippen LogP contribution in [-0.2, 0) is 0 Å². The Morgan fingerprint density at radius 2 is 2.35 bits per heavy atom. The van der Waals surface area contributed by atoms with Crippen LogP contribution in [0, 0.1) is 0 Å². The number of aromatic nitrogens is 2. The van der Waals surface area contributed by atoms with E-state index in [0.717, 1.165) is 11.0 Å². The average molecular weight is 254 g/mol. The summed E-state index contributed by atoms with van der Waals surface area (Å²) in [4.78, 5) is 18.6. The van der Waals surface area contributed by atoms with Crippen molar-refractivity contribution < 1.29 is 9.90 Å². The van der Waals surface area contributed by atoms with Crippen LogP contribution in [-0.4, -0.2) is 34.1 Å². The SMILES string of the molecule is O=C(NCCCO)c1ccc2nc(Cl)[nH]c2c1. The summed E-state index contributed by atoms with van der Waals surface area (Å²) in [6.45, 7) is 0.520. The number of H-pyrrole nitrogens is 1. The van der Waals surface area contributed by atoms with E-state index in [0.29, 0.717) is 23.8 Å². The number of carbonyl (C=O) groups is 1. The van der Waals surface area contributed by atoms with E-state index < -0.39 is 0 Å². The fourth-order valence-corrected chi connectivity index (χ4v) is 1.70. The summed E-state index contributed by atoms with van der Waals surface area (Å²) in [5, 5.41) is 11.6. The predicted octanol–water partition coefficient (Wildman–Crippen LogP) is 1.33. The Morgan fingerprint density at radius 1 is 1.53 bits per heavy atom. The monoisotopic (exact) mass is 253 g/mol. The van der Waals surface area contributed by atoms with Gasteiger partial charge in [-0.05, 0) is 36.2 Å². The number of nitrogens with one attached hydrogen (secondary N) is 2. The number of aromatic amines is 1. The molecule has 6 heteroatoms. The summed E-state index contributed by atoms with van der Waals surface area (Å²) >= 11 is 5.72. The second-order valence-electron chi connectivity index (χ2n) is 3.59. The first-order chi connectivity index (χ1) is 8.20. The second-order valence-corrected chi connectivity index (χ2v) is 3.95. The number of amides is 1. The standard InChI is InChI=1S/C11H12ClN3O2/c12-11-14-8-3-2-7(6-9(8)15-11)10(17)13-4-1-5-16/h2-3,6,16H,1,4-5H2,(H,13,17)(H,14,15). The molecular weight excluding hydrogens is 242 g/mol. The largest absolute Gasteiger partial charge is 0.396 e. The molecule has 0 unspecified atom stereocenters. The first-order valence-electron chi connectivity index (χ1n) is 5.25. The van der Waals surface area contributed by atoms with Crippen molar-refractivity contribution in [2.24, 2.45) is 0 Å². The normalized spacial score (nSPS) is 10.7. The van der Waals surface area contributed by atoms with Gasteiger partial charge in [0.2, 0.25) is 5.28 Å². The number of hydrogen-bond donors (Lipinski definition) is 3. The first-order valence-corrected chi connectivity index (χ1v) is 5.63. The van der Waals surface area contributed by atoms with Crippen LogP contribution in [0.5, 0.6) is 0 Å². The van der Waals surface area contributed by atoms with Crippen LogP contribution in [0.25, 0.3) is 11.0 Å². The molecule has 0 aliphatic rings. The highest BCUT2D eigenvalue weighted by Crippen LogP contribution is 2.16. The lowest BCUT2D eigenvalue weighted by Crippen LogP contribution is -2.24. The number of halogens is 1. The molecule has 17 heavy (non-hydrogen) atoms. The highest BCUT2D eigenvalue weighted by atomic mass is 35.5. The summed E-state index contributed by atoms with van der Waals surface area (Å²) in [7, 11) is 0. The van der Waals surface area contributed by atoms with Crippen LogP contribution in [0.3, 0.4) is 0 Å². The van der Waals surface area contributed by atoms with Gasteiger partial charge in [-0.15, -0.1) is 0 Å². The molecule has 1 heterocycles. The number of fused-ring (bicyclic) bond motifs is 1. The van der Waals surface area contributed by atoms with Crippen LogP contribution in [0.4, 0.5) is 0 Å². The molecule has 0 aliphatic heterocycles. The molecule has 0 fully saturated rings. The van der Waals surface area contributed by atoms with Gasteiger partial charge in [-0.1, -0.05) is 0 Å². The summed E-state index contributed by atoms with van der Waals surface area (Å²) in [5.41, 5.74) is 1.99. The van der Waals surface area contributed by atoms with Gasteiger partial charge in [0.15, 0.2) is 0 Å². The Morgan fingerprint density at radius 3 is 3.12 bits per heavy atom. The van der Waals surface area contributed by atoms with Crippen molar-refractivity contribution in [3.8, 4) is 0 Å². The Kier molecular flexibility index (Phi) is 3.61. The molecule has 3 N–H and O–H groups in total. The third kappa shape index (κ3) is 2.75. The van der Waals surface area contributed by atoms with Crippen molar-refractivity contribution in [2.75, 3.05) is 13.2 Å². The molecule has 1 aromatic heterocycles. The number of rotatable bonds is 4. The Balaban J connectivity index is 2.15. The summed E-state index contributed by atoms with van der Waals surface area (Å²) < 4.78 is 0. The van der Waals surface area contributed by atoms with Gasteiger partial charge in [0.05, 0.1) is 11.0 Å². The van der Waals surface area contributed by atoms with Crippen molar-refractivity contribution in [2.45, 2.75) is 6.42 Å². The number of imidazole rings is 1. The third-order valence-electron chi connectivity index (χ3n) is 2.34. The molecule has 90 valence electrons. The van der Waals surface area contributed by atoms with Crippen LogP contribution in [0.2, 0.25) is 5.28 Å². The summed E-state index contributed by atoms with van der Waals surface area (Å²) in [6.07, 6.45) is 0.546. The zero-order chi connectivity index (χ0) is 12.3. The Labute approximate surface area is 103 Å². The van der Waals surface area contributed by atoms with E-state index in [1.54, 1.807) is 18.2 Å². The van der Waals surface area contributed by atoms with Crippen molar-refractivity contribution in [3.63, 3.8) is 0 Å². The van der Waals surface area contributed by atoms with E-state index in [2.05, 4.69) is 15.3 Å². The van der Waals surface area contributed by atoms with Crippen molar-refractivity contribution in [1.29, 1.82) is 0 Å². The Bertz CT molecular complexity index is 538. The molecule has 2 rings (SSSR count). The number of benzene rings is 1. The van der Waals surface area contributed by atoms with E-state index in [1.165, 1.54) is 0 Å². The number of aliphatic hydroxyl groups excluding tert-OH is 1. The predicted molar refractivity (Wildman–Crippen MR) is 65.1 cm³/mol. The second kappa shape index (κ2) is 5.16. The zero-order valence-electron chi connectivity index (χ0n) is 9.03. The number of aliphatic hydroxyl groups is 1. The molecule has 0 spiro atoms. The van der Waals surface area contributed by atoms with Crippen molar-refractivity contribution in [3.05, 3.63) is 29.0 Å². The Hall–Kier alpha value is -1.59. The van der Waals surface area contributed by atoms with Gasteiger partial charge in [-0.25, -0.2) is 4.98 Å². The number of hydrogen-bond acceptors (Lipinski definition) is 3. The molecule has 0 aliphatic carbocycles. The minimum absolute atomic E-state index is 0.0650. The molecule has 1 amide bonds. The molecule has 1 aromatic carbocycles. The lowest BCUT2D eigenvalue weighted by molar-refractivity contribution is 0.0951. The highest BCUT2D eigenvalue weighted by Gasteiger charge is 2.07. The van der Waals surface area contributed by atoms with Gasteiger partial charge in [0, 0.05) is 18.7 Å². The number of carbonyl (C=O) groups excluding carboxylic acids is 1. The fraction of sp³-hybridized carbons (Fsp3) is 0.273. The summed E-state index contributed by atoms with van der Waals surface area (Å²) in [6, 6.07) is 5.12. The fourth-order valence-electron chi connectivity index (χ4n) is 1.50. The third-order valence-corrected chi connectivity index (χ3v) is 2.51. The van der Waals surface area contributed by atoms with Crippen LogP contribution in [0.15, 0.2) is 18.2 Å². The van der Waals surface area contributed by atoms with Crippen LogP contribution in [0.1, 0.15) is 16.8 Å². The van der Waals surface area contributed by atoms with Gasteiger partial charge < -0.3 is 15.4 Å². The van der Waals surface area contributed by atoms with Crippen molar-refractivity contribution >= 4 is 28.5 Å². The van der Waals surface area contributed by atoms with Gasteiger partial charge in [0.1, 0.15) is 0 Å². The van der Waals surface area contributed by atoms with E-state index in [9.17, 15) is 4.79 Å². The van der Waals surface area contributed by atoms with Gasteiger partial charge in [-0.2, -0.15) is 0 Å². The molecule has 2 aromatic rings. The minimum Gasteiger partial charge on any atom is -0.396 e. The van der Waals surface area contributed by atoms with E-state index in [1.807, 2.05) is 0 Å². The van der Waals surface area contributed by atoms with Crippen LogP contribution < -0.4 is 5.32 Å². The molecule has 0 radical (unpaired) electrons. The van der Waals surface area contributed by atoms with E-state index >= 15 is 0 Å². The first kappa shape index (κ1) is 11.9. The smallest absolute Gasteiger partial charge is 0.251 e. The maximum atomic E-state index is 11.7. The van der Waals surface area contributed by atoms with E-state index in [4.69, 9.17) is 16.7 Å². The van der Waals surface area contributed by atoms with Crippen molar-refractivity contribution in [1.82, 2.24) is 15.3 Å². The summed E-state index contributed by atoms with van der Waals surface area (Å²) in [5.74, 6) is -0.175. The number of nitrogens with zero attached hydrogens (tertiary/aromatic N) is 1. The quantitative estimate of drug-likeness (QED) is 0.720. The molecule has 0 saturated carbocycles. The molecule has 0 bridgehead atoms. The lowest BCUT2D eigenvalue weighted by Gasteiger charge is -2.03. The molecule has 5 nitrogen and oxygen atoms in total. The van der Waals surface area contributed by atoms with Gasteiger partial charge in [0.25, 0.3) is 5.91 Å². The zero-order valence-corrected chi connectivity index (χ0v) is 9.79. The molecule has 0 atom stereocenters. The van der Waals surface area contributed by atoms with Gasteiger partial charge in [-0.3, -0.25) is 4.79 Å². The topological polar surface area (TPSA) is 78.0 Å². The maximum Gasteiger partial charge on any atom is 0.251 e. The minimum atomic E-state index is -0.175.